The van der Waals surface area contributed by atoms with Gasteiger partial charge in [0.2, 0.25) is 0 Å². The van der Waals surface area contributed by atoms with E-state index < -0.39 is 0 Å². The lowest BCUT2D eigenvalue weighted by Crippen LogP contribution is -2.47. The van der Waals surface area contributed by atoms with Gasteiger partial charge in [-0.05, 0) is 52.5 Å². The van der Waals surface area contributed by atoms with Gasteiger partial charge in [-0.25, -0.2) is 0 Å². The predicted molar refractivity (Wildman–Crippen MR) is 76.4 cm³/mol. The molecule has 1 aliphatic rings. The molecule has 1 aliphatic carbocycles. The normalized spacial score (nSPS) is 26.3. The fraction of sp³-hybridized carbons (Fsp3) is 1.00. The average molecular weight is 240 g/mol. The van der Waals surface area contributed by atoms with Crippen molar-refractivity contribution in [2.75, 3.05) is 20.1 Å². The third-order valence-corrected chi connectivity index (χ3v) is 3.91. The van der Waals surface area contributed by atoms with Crippen molar-refractivity contribution in [3.8, 4) is 0 Å². The number of nitrogens with zero attached hydrogens (tertiary/aromatic N) is 1. The second-order valence-electron chi connectivity index (χ2n) is 6.99. The number of nitrogens with one attached hydrogen (secondary N) is 1. The van der Waals surface area contributed by atoms with Gasteiger partial charge in [0, 0.05) is 24.7 Å². The molecule has 1 rings (SSSR count). The first-order valence-corrected chi connectivity index (χ1v) is 7.28. The Morgan fingerprint density at radius 3 is 2.35 bits per heavy atom. The van der Waals surface area contributed by atoms with Crippen molar-refractivity contribution in [1.82, 2.24) is 10.2 Å². The van der Waals surface area contributed by atoms with Gasteiger partial charge in [0.05, 0.1) is 0 Å². The van der Waals surface area contributed by atoms with E-state index in [1.807, 2.05) is 0 Å². The van der Waals surface area contributed by atoms with Crippen LogP contribution in [0.4, 0.5) is 0 Å². The first kappa shape index (κ1) is 15.0. The van der Waals surface area contributed by atoms with Crippen molar-refractivity contribution >= 4 is 0 Å². The van der Waals surface area contributed by atoms with Gasteiger partial charge in [-0.3, -0.25) is 0 Å². The Labute approximate surface area is 108 Å². The molecule has 3 atom stereocenters. The molecule has 0 aromatic rings. The highest BCUT2D eigenvalue weighted by Gasteiger charge is 2.34. The van der Waals surface area contributed by atoms with Gasteiger partial charge in [-0.2, -0.15) is 0 Å². The van der Waals surface area contributed by atoms with Crippen LogP contribution in [0.15, 0.2) is 0 Å². The number of hydrogen-bond donors (Lipinski definition) is 1. The lowest BCUT2D eigenvalue weighted by molar-refractivity contribution is 0.200. The quantitative estimate of drug-likeness (QED) is 0.735. The number of hydrogen-bond acceptors (Lipinski definition) is 2. The van der Waals surface area contributed by atoms with Gasteiger partial charge in [-0.1, -0.05) is 20.3 Å². The maximum Gasteiger partial charge on any atom is 0.0217 e. The predicted octanol–water partition coefficient (Wildman–Crippen LogP) is 3.13. The number of rotatable bonds is 7. The molecule has 0 aromatic carbocycles. The molecule has 0 aliphatic heterocycles. The van der Waals surface area contributed by atoms with E-state index in [1.54, 1.807) is 0 Å². The van der Waals surface area contributed by atoms with E-state index in [0.29, 0.717) is 6.04 Å². The Balaban J connectivity index is 2.35. The Bertz CT molecular complexity index is 219. The molecule has 0 aromatic heterocycles. The average Bonchev–Trinajstić information content (AvgIpc) is 2.87. The fourth-order valence-electron chi connectivity index (χ4n) is 2.41. The SMILES string of the molecule is CCCC(CNC(C)(C)C)N(C)CC1CC1C. The van der Waals surface area contributed by atoms with E-state index in [1.165, 1.54) is 25.8 Å². The van der Waals surface area contributed by atoms with Crippen molar-refractivity contribution in [3.63, 3.8) is 0 Å². The molecular formula is C15H32N2. The van der Waals surface area contributed by atoms with Crippen LogP contribution in [0.5, 0.6) is 0 Å². The van der Waals surface area contributed by atoms with Crippen LogP contribution in [0.2, 0.25) is 0 Å². The molecule has 0 spiro atoms. The Kier molecular flexibility index (Phi) is 5.46. The Hall–Kier alpha value is -0.0800. The summed E-state index contributed by atoms with van der Waals surface area (Å²) < 4.78 is 0. The zero-order chi connectivity index (χ0) is 13.1. The van der Waals surface area contributed by atoms with Crippen LogP contribution in [0.3, 0.4) is 0 Å². The molecule has 2 nitrogen and oxygen atoms in total. The highest BCUT2D eigenvalue weighted by atomic mass is 15.2. The highest BCUT2D eigenvalue weighted by molar-refractivity contribution is 4.87. The van der Waals surface area contributed by atoms with Crippen molar-refractivity contribution in [1.29, 1.82) is 0 Å². The molecule has 102 valence electrons. The summed E-state index contributed by atoms with van der Waals surface area (Å²) in [5.41, 5.74) is 0.236. The molecule has 2 heteroatoms. The van der Waals surface area contributed by atoms with Gasteiger partial charge >= 0.3 is 0 Å². The van der Waals surface area contributed by atoms with Gasteiger partial charge in [0.15, 0.2) is 0 Å². The van der Waals surface area contributed by atoms with Gasteiger partial charge in [0.25, 0.3) is 0 Å². The summed E-state index contributed by atoms with van der Waals surface area (Å²) in [5.74, 6) is 1.93. The first-order chi connectivity index (χ1) is 7.83. The first-order valence-electron chi connectivity index (χ1n) is 7.28. The molecule has 3 unspecified atom stereocenters. The lowest BCUT2D eigenvalue weighted by Gasteiger charge is -2.31. The van der Waals surface area contributed by atoms with Crippen LogP contribution in [0, 0.1) is 11.8 Å². The Morgan fingerprint density at radius 1 is 1.35 bits per heavy atom. The highest BCUT2D eigenvalue weighted by Crippen LogP contribution is 2.38. The second kappa shape index (κ2) is 6.19. The standard InChI is InChI=1S/C15H32N2/c1-7-8-14(10-16-15(3,4)5)17(6)11-13-9-12(13)2/h12-14,16H,7-11H2,1-6H3. The van der Waals surface area contributed by atoms with Gasteiger partial charge < -0.3 is 10.2 Å². The summed E-state index contributed by atoms with van der Waals surface area (Å²) in [6.07, 6.45) is 4.03. The minimum absolute atomic E-state index is 0.236. The van der Waals surface area contributed by atoms with Gasteiger partial charge in [-0.15, -0.1) is 0 Å². The van der Waals surface area contributed by atoms with Crippen molar-refractivity contribution in [2.45, 2.75) is 65.5 Å². The van der Waals surface area contributed by atoms with E-state index in [-0.39, 0.29) is 5.54 Å². The summed E-state index contributed by atoms with van der Waals surface area (Å²) >= 11 is 0. The molecule has 0 radical (unpaired) electrons. The summed E-state index contributed by atoms with van der Waals surface area (Å²) in [7, 11) is 2.30. The van der Waals surface area contributed by atoms with Crippen LogP contribution in [0.25, 0.3) is 0 Å². The molecule has 0 saturated heterocycles. The summed E-state index contributed by atoms with van der Waals surface area (Å²) in [5, 5.41) is 3.65. The van der Waals surface area contributed by atoms with Crippen molar-refractivity contribution < 1.29 is 0 Å². The fourth-order valence-corrected chi connectivity index (χ4v) is 2.41. The summed E-state index contributed by atoms with van der Waals surface area (Å²) in [6, 6.07) is 0.701. The Morgan fingerprint density at radius 2 is 1.94 bits per heavy atom. The van der Waals surface area contributed by atoms with Crippen LogP contribution in [-0.2, 0) is 0 Å². The van der Waals surface area contributed by atoms with Crippen molar-refractivity contribution in [2.24, 2.45) is 11.8 Å². The zero-order valence-corrected chi connectivity index (χ0v) is 12.7. The van der Waals surface area contributed by atoms with E-state index in [0.717, 1.165) is 18.4 Å². The van der Waals surface area contributed by atoms with Gasteiger partial charge in [0.1, 0.15) is 0 Å². The number of likely N-dealkylation sites (N-methyl/N-ethyl adjacent to an activating group) is 1. The maximum absolute atomic E-state index is 3.65. The molecule has 1 fully saturated rings. The molecule has 1 N–H and O–H groups in total. The molecular weight excluding hydrogens is 208 g/mol. The second-order valence-corrected chi connectivity index (χ2v) is 6.99. The van der Waals surface area contributed by atoms with Crippen LogP contribution >= 0.6 is 0 Å². The molecule has 0 amide bonds. The zero-order valence-electron chi connectivity index (χ0n) is 12.7. The maximum atomic E-state index is 3.65. The summed E-state index contributed by atoms with van der Waals surface area (Å²) in [6.45, 7) is 13.8. The van der Waals surface area contributed by atoms with E-state index in [4.69, 9.17) is 0 Å². The van der Waals surface area contributed by atoms with Crippen LogP contribution in [0.1, 0.15) is 53.9 Å². The largest absolute Gasteiger partial charge is 0.311 e. The smallest absolute Gasteiger partial charge is 0.0217 e. The van der Waals surface area contributed by atoms with E-state index in [2.05, 4.69) is 51.9 Å². The topological polar surface area (TPSA) is 15.3 Å². The summed E-state index contributed by atoms with van der Waals surface area (Å²) in [4.78, 5) is 2.58. The van der Waals surface area contributed by atoms with Crippen molar-refractivity contribution in [3.05, 3.63) is 0 Å². The monoisotopic (exact) mass is 240 g/mol. The third kappa shape index (κ3) is 5.87. The van der Waals surface area contributed by atoms with E-state index >= 15 is 0 Å². The lowest BCUT2D eigenvalue weighted by atomic mass is 10.1. The molecule has 0 heterocycles. The molecule has 0 bridgehead atoms. The molecule has 1 saturated carbocycles. The third-order valence-electron chi connectivity index (χ3n) is 3.91. The van der Waals surface area contributed by atoms with E-state index in [9.17, 15) is 0 Å². The minimum atomic E-state index is 0.236. The van der Waals surface area contributed by atoms with Crippen LogP contribution in [-0.4, -0.2) is 36.6 Å². The minimum Gasteiger partial charge on any atom is -0.311 e. The van der Waals surface area contributed by atoms with Crippen LogP contribution < -0.4 is 5.32 Å². The molecule has 17 heavy (non-hydrogen) atoms.